The zero-order valence-corrected chi connectivity index (χ0v) is 40.5. The van der Waals surface area contributed by atoms with Crippen molar-refractivity contribution in [2.24, 2.45) is 7.05 Å². The molecule has 0 bridgehead atoms. The maximum absolute atomic E-state index is 16.1. The number of imide groups is 1. The minimum absolute atomic E-state index is 0.0824. The van der Waals surface area contributed by atoms with E-state index in [1.807, 2.05) is 43.7 Å². The van der Waals surface area contributed by atoms with Crippen LogP contribution in [0.15, 0.2) is 77.9 Å². The van der Waals surface area contributed by atoms with Crippen LogP contribution in [0.3, 0.4) is 0 Å². The standard InChI is InChI=1S/C47H52BrFN13O5P/c1-60-25-28(23-54-60)31-21-37(57-47-53-24-32(48)46(59-47)56-35-9-8-34-44(52-13-12-51-34)45(35)68(3,4)66)40(67-2)22-38(31)61-14-16-62(17-15-61)39(26-63)36-18-27(10-11-50-36)30-6-5-7-33(43(30)49)55-29-19-41(64)58-42(65)20-29/h5-9,12-13,21-27,29,36,39,50,55H,10-11,14-20H2,1-4H3,(H,58,64,65)(H2,53,56,57,59). The van der Waals surface area contributed by atoms with E-state index in [1.54, 1.807) is 61.9 Å². The van der Waals surface area contributed by atoms with E-state index < -0.39 is 25.0 Å². The number of methoxy groups -OCH3 is 1. The molecule has 6 aromatic rings. The number of nitrogens with zero attached hydrogens (tertiary/aromatic N) is 8. The molecule has 3 aliphatic rings. The lowest BCUT2D eigenvalue weighted by molar-refractivity contribution is -0.133. The summed E-state index contributed by atoms with van der Waals surface area (Å²) in [5.41, 5.74) is 5.93. The third kappa shape index (κ3) is 9.95. The highest BCUT2D eigenvalue weighted by atomic mass is 79.9. The van der Waals surface area contributed by atoms with E-state index >= 15 is 4.39 Å². The monoisotopic (exact) mass is 1010 g/mol. The molecule has 0 aliphatic carbocycles. The van der Waals surface area contributed by atoms with Gasteiger partial charge in [-0.15, -0.1) is 0 Å². The maximum atomic E-state index is 16.1. The average molecular weight is 1010 g/mol. The van der Waals surface area contributed by atoms with Gasteiger partial charge in [-0.2, -0.15) is 10.1 Å². The summed E-state index contributed by atoms with van der Waals surface area (Å²) in [6.45, 7) is 6.45. The highest BCUT2D eigenvalue weighted by molar-refractivity contribution is 9.10. The van der Waals surface area contributed by atoms with Gasteiger partial charge in [-0.3, -0.25) is 34.5 Å². The molecule has 3 atom stereocenters. The Morgan fingerprint density at radius 1 is 0.971 bits per heavy atom. The number of aromatic nitrogens is 6. The van der Waals surface area contributed by atoms with Gasteiger partial charge in [-0.05, 0) is 84.4 Å². The number of anilines is 6. The summed E-state index contributed by atoms with van der Waals surface area (Å²) in [6.07, 6.45) is 11.0. The Morgan fingerprint density at radius 2 is 1.75 bits per heavy atom. The van der Waals surface area contributed by atoms with Crippen LogP contribution in [0.2, 0.25) is 0 Å². The first-order chi connectivity index (χ1) is 32.8. The molecule has 18 nitrogen and oxygen atoms in total. The number of rotatable bonds is 14. The van der Waals surface area contributed by atoms with Crippen molar-refractivity contribution in [1.29, 1.82) is 0 Å². The van der Waals surface area contributed by atoms with Crippen LogP contribution in [-0.2, 0) is 26.0 Å². The van der Waals surface area contributed by atoms with Gasteiger partial charge in [0.2, 0.25) is 17.8 Å². The summed E-state index contributed by atoms with van der Waals surface area (Å²) in [6, 6.07) is 11.7. The number of carbonyl (C=O) groups is 3. The Bertz CT molecular complexity index is 2930. The number of aldehydes is 1. The van der Waals surface area contributed by atoms with Crippen molar-refractivity contribution in [1.82, 2.24) is 45.2 Å². The molecule has 3 aromatic heterocycles. The summed E-state index contributed by atoms with van der Waals surface area (Å²) < 4.78 is 38.1. The molecule has 3 unspecified atom stereocenters. The van der Waals surface area contributed by atoms with Crippen LogP contribution in [0, 0.1) is 5.82 Å². The normalized spacial score (nSPS) is 18.8. The summed E-state index contributed by atoms with van der Waals surface area (Å²) in [5, 5.41) is 20.7. The lowest BCUT2D eigenvalue weighted by Gasteiger charge is -2.43. The number of hydrogen-bond acceptors (Lipinski definition) is 16. The van der Waals surface area contributed by atoms with Crippen molar-refractivity contribution in [2.75, 3.05) is 74.0 Å². The van der Waals surface area contributed by atoms with Crippen molar-refractivity contribution >= 4 is 92.0 Å². The lowest BCUT2D eigenvalue weighted by Crippen LogP contribution is -2.58. The summed E-state index contributed by atoms with van der Waals surface area (Å²) in [7, 11) is 0.637. The van der Waals surface area contributed by atoms with Gasteiger partial charge in [0.05, 0.1) is 51.7 Å². The number of nitrogens with one attached hydrogen (secondary N) is 5. The molecule has 68 heavy (non-hydrogen) atoms. The molecule has 3 aliphatic heterocycles. The van der Waals surface area contributed by atoms with Crippen LogP contribution in [0.1, 0.15) is 37.2 Å². The molecule has 0 saturated carbocycles. The SMILES string of the molecule is COc1cc(N2CCN(C(C=O)C3CC(c4cccc(NC5CC(=O)NC(=O)C5)c4F)CCN3)CC2)c(-c2cnn(C)c2)cc1Nc1ncc(Br)c(Nc2ccc3nccnc3c2P(C)(C)=O)n1. The molecule has 0 spiro atoms. The Kier molecular flexibility index (Phi) is 13.6. The van der Waals surface area contributed by atoms with Gasteiger partial charge >= 0.3 is 0 Å². The van der Waals surface area contributed by atoms with Gasteiger partial charge in [0.25, 0.3) is 0 Å². The minimum Gasteiger partial charge on any atom is -0.494 e. The second-order valence-electron chi connectivity index (χ2n) is 17.7. The van der Waals surface area contributed by atoms with Crippen molar-refractivity contribution in [3.63, 3.8) is 0 Å². The number of halogens is 2. The van der Waals surface area contributed by atoms with Crippen LogP contribution >= 0.6 is 23.1 Å². The predicted molar refractivity (Wildman–Crippen MR) is 264 cm³/mol. The molecule has 21 heteroatoms. The molecular weight excluding hydrogens is 956 g/mol. The van der Waals surface area contributed by atoms with Gasteiger partial charge in [0.15, 0.2) is 0 Å². The Hall–Kier alpha value is -6.34. The van der Waals surface area contributed by atoms with E-state index in [9.17, 15) is 18.9 Å². The molecule has 3 saturated heterocycles. The zero-order chi connectivity index (χ0) is 47.7. The van der Waals surface area contributed by atoms with E-state index in [0.29, 0.717) is 94.9 Å². The van der Waals surface area contributed by atoms with Crippen LogP contribution in [-0.4, -0.2) is 124 Å². The largest absolute Gasteiger partial charge is 0.494 e. The molecule has 2 amide bonds. The molecule has 5 N–H and O–H groups in total. The fraction of sp³-hybridized carbons (Fsp3) is 0.362. The highest BCUT2D eigenvalue weighted by Gasteiger charge is 2.36. The van der Waals surface area contributed by atoms with E-state index in [1.165, 1.54) is 0 Å². The average Bonchev–Trinajstić information content (AvgIpc) is 3.76. The number of carbonyl (C=O) groups excluding carboxylic acids is 3. The van der Waals surface area contributed by atoms with E-state index in [2.05, 4.69) is 72.4 Å². The van der Waals surface area contributed by atoms with Gasteiger partial charge < -0.3 is 40.3 Å². The first kappa shape index (κ1) is 46.8. The first-order valence-electron chi connectivity index (χ1n) is 22.4. The van der Waals surface area contributed by atoms with E-state index in [0.717, 1.165) is 23.1 Å². The molecule has 3 fully saturated rings. The van der Waals surface area contributed by atoms with Gasteiger partial charge in [-0.25, -0.2) is 9.37 Å². The first-order valence-corrected chi connectivity index (χ1v) is 25.8. The maximum Gasteiger partial charge on any atom is 0.229 e. The van der Waals surface area contributed by atoms with Crippen LogP contribution in [0.25, 0.3) is 22.2 Å². The number of hydrogen-bond donors (Lipinski definition) is 5. The van der Waals surface area contributed by atoms with E-state index in [4.69, 9.17) is 9.72 Å². The zero-order valence-electron chi connectivity index (χ0n) is 38.0. The summed E-state index contributed by atoms with van der Waals surface area (Å²) in [5.74, 6) is -0.0261. The van der Waals surface area contributed by atoms with Crippen LogP contribution < -0.4 is 41.5 Å². The number of piperazine rings is 1. The van der Waals surface area contributed by atoms with Crippen molar-refractivity contribution < 1.29 is 28.1 Å². The molecule has 9 rings (SSSR count). The minimum atomic E-state index is -2.84. The third-order valence-corrected chi connectivity index (χ3v) is 14.9. The number of aryl methyl sites for hydroxylation is 1. The second kappa shape index (κ2) is 19.7. The van der Waals surface area contributed by atoms with Crippen molar-refractivity contribution in [3.05, 3.63) is 89.3 Å². The molecule has 6 heterocycles. The number of fused-ring (bicyclic) bond motifs is 1. The van der Waals surface area contributed by atoms with E-state index in [-0.39, 0.29) is 48.3 Å². The van der Waals surface area contributed by atoms with Crippen molar-refractivity contribution in [2.45, 2.75) is 49.7 Å². The quantitative estimate of drug-likeness (QED) is 0.0488. The summed E-state index contributed by atoms with van der Waals surface area (Å²) >= 11 is 3.59. The third-order valence-electron chi connectivity index (χ3n) is 12.8. The highest BCUT2D eigenvalue weighted by Crippen LogP contribution is 2.43. The molecule has 354 valence electrons. The Labute approximate surface area is 400 Å². The Balaban J connectivity index is 0.920. The van der Waals surface area contributed by atoms with Crippen LogP contribution in [0.4, 0.5) is 38.9 Å². The van der Waals surface area contributed by atoms with Crippen molar-refractivity contribution in [3.8, 4) is 16.9 Å². The number of amides is 2. The van der Waals surface area contributed by atoms with Crippen LogP contribution in [0.5, 0.6) is 5.75 Å². The Morgan fingerprint density at radius 3 is 2.47 bits per heavy atom. The molecular formula is C47H52BrFN13O5P. The predicted octanol–water partition coefficient (Wildman–Crippen LogP) is 5.91. The molecule has 3 aromatic carbocycles. The lowest BCUT2D eigenvalue weighted by atomic mass is 9.83. The fourth-order valence-electron chi connectivity index (χ4n) is 9.59. The topological polar surface area (TPSA) is 214 Å². The fourth-order valence-corrected chi connectivity index (χ4v) is 11.3. The smallest absolute Gasteiger partial charge is 0.229 e. The summed E-state index contributed by atoms with van der Waals surface area (Å²) in [4.78, 5) is 59.6. The second-order valence-corrected chi connectivity index (χ2v) is 21.7. The molecule has 0 radical (unpaired) electrons. The van der Waals surface area contributed by atoms with Gasteiger partial charge in [0, 0.05) is 106 Å². The van der Waals surface area contributed by atoms with Gasteiger partial charge in [-0.1, -0.05) is 12.1 Å². The van der Waals surface area contributed by atoms with Gasteiger partial charge in [0.1, 0.15) is 36.3 Å². The number of ether oxygens (including phenoxy) is 1. The number of piperidine rings is 2. The number of benzene rings is 3.